The molecule has 1 aromatic heterocycles. The molecule has 0 bridgehead atoms. The zero-order valence-electron chi connectivity index (χ0n) is 15.2. The molecule has 0 saturated carbocycles. The van der Waals surface area contributed by atoms with Crippen LogP contribution in [-0.4, -0.2) is 47.9 Å². The van der Waals surface area contributed by atoms with Crippen LogP contribution < -0.4 is 10.1 Å². The van der Waals surface area contributed by atoms with Crippen molar-refractivity contribution in [3.8, 4) is 5.75 Å². The van der Waals surface area contributed by atoms with Gasteiger partial charge in [-0.15, -0.1) is 0 Å². The number of aromatic nitrogens is 1. The van der Waals surface area contributed by atoms with Gasteiger partial charge in [0, 0.05) is 32.4 Å². The molecular formula is C19H23N3O4. The summed E-state index contributed by atoms with van der Waals surface area (Å²) >= 11 is 0. The normalized spacial score (nSPS) is 19.4. The predicted molar refractivity (Wildman–Crippen MR) is 95.1 cm³/mol. The minimum absolute atomic E-state index is 0.00531. The highest BCUT2D eigenvalue weighted by molar-refractivity contribution is 5.93. The molecule has 1 aromatic carbocycles. The lowest BCUT2D eigenvalue weighted by Crippen LogP contribution is -2.39. The number of hydrogen-bond donors (Lipinski definition) is 1. The molecule has 2 unspecified atom stereocenters. The Kier molecular flexibility index (Phi) is 5.25. The molecule has 2 aromatic rings. The number of ether oxygens (including phenoxy) is 1. The van der Waals surface area contributed by atoms with Crippen molar-refractivity contribution in [3.63, 3.8) is 0 Å². The van der Waals surface area contributed by atoms with Crippen molar-refractivity contribution in [2.24, 2.45) is 0 Å². The first-order chi connectivity index (χ1) is 12.5. The Hall–Kier alpha value is -2.83. The Balaban J connectivity index is 1.84. The second kappa shape index (κ2) is 7.59. The Labute approximate surface area is 152 Å². The second-order valence-corrected chi connectivity index (χ2v) is 6.37. The van der Waals surface area contributed by atoms with Crippen molar-refractivity contribution < 1.29 is 18.7 Å². The van der Waals surface area contributed by atoms with Crippen LogP contribution in [0.5, 0.6) is 5.75 Å². The molecule has 1 N–H and O–H groups in total. The third-order valence-corrected chi connectivity index (χ3v) is 4.70. The van der Waals surface area contributed by atoms with Crippen molar-refractivity contribution in [1.82, 2.24) is 15.2 Å². The fourth-order valence-electron chi connectivity index (χ4n) is 3.41. The number of carbonyl (C=O) groups excluding carboxylic acids is 2. The number of amides is 2. The van der Waals surface area contributed by atoms with Gasteiger partial charge in [0.25, 0.3) is 5.91 Å². The summed E-state index contributed by atoms with van der Waals surface area (Å²) in [5.41, 5.74) is 1.40. The first-order valence-corrected chi connectivity index (χ1v) is 8.66. The van der Waals surface area contributed by atoms with Gasteiger partial charge in [-0.05, 0) is 17.7 Å². The van der Waals surface area contributed by atoms with E-state index in [9.17, 15) is 9.59 Å². The molecule has 3 rings (SSSR count). The maximum atomic E-state index is 12.9. The SMILES string of the molecule is CCc1ocnc1C(=O)N1CC(NC(C)=O)C(c2ccc(OC)cc2)C1. The zero-order valence-corrected chi connectivity index (χ0v) is 15.2. The third-order valence-electron chi connectivity index (χ3n) is 4.70. The Morgan fingerprint density at radius 2 is 2.04 bits per heavy atom. The predicted octanol–water partition coefficient (Wildman–Crippen LogP) is 1.99. The number of nitrogens with one attached hydrogen (secondary N) is 1. The number of benzene rings is 1. The highest BCUT2D eigenvalue weighted by atomic mass is 16.5. The number of nitrogens with zero attached hydrogens (tertiary/aromatic N) is 2. The molecule has 1 aliphatic rings. The van der Waals surface area contributed by atoms with Crippen LogP contribution in [0.3, 0.4) is 0 Å². The van der Waals surface area contributed by atoms with E-state index in [-0.39, 0.29) is 23.8 Å². The number of aryl methyl sites for hydroxylation is 1. The fraction of sp³-hybridized carbons (Fsp3) is 0.421. The van der Waals surface area contributed by atoms with Crippen LogP contribution in [0.25, 0.3) is 0 Å². The van der Waals surface area contributed by atoms with Gasteiger partial charge in [0.15, 0.2) is 12.1 Å². The Morgan fingerprint density at radius 1 is 1.31 bits per heavy atom. The van der Waals surface area contributed by atoms with Crippen LogP contribution in [0.2, 0.25) is 0 Å². The molecule has 2 amide bonds. The molecule has 1 fully saturated rings. The molecule has 0 radical (unpaired) electrons. The van der Waals surface area contributed by atoms with E-state index >= 15 is 0 Å². The standard InChI is InChI=1S/C19H23N3O4/c1-4-17-18(20-11-26-17)19(24)22-9-15(16(10-22)21-12(2)23)13-5-7-14(25-3)8-6-13/h5-8,11,15-16H,4,9-10H2,1-3H3,(H,21,23). The molecule has 1 aliphatic heterocycles. The third kappa shape index (κ3) is 3.56. The van der Waals surface area contributed by atoms with Crippen molar-refractivity contribution in [2.75, 3.05) is 20.2 Å². The van der Waals surface area contributed by atoms with Crippen molar-refractivity contribution in [3.05, 3.63) is 47.7 Å². The quantitative estimate of drug-likeness (QED) is 0.885. The molecule has 2 atom stereocenters. The van der Waals surface area contributed by atoms with Crippen LogP contribution in [-0.2, 0) is 11.2 Å². The van der Waals surface area contributed by atoms with Crippen molar-refractivity contribution in [1.29, 1.82) is 0 Å². The summed E-state index contributed by atoms with van der Waals surface area (Å²) < 4.78 is 10.5. The van der Waals surface area contributed by atoms with Crippen LogP contribution in [0, 0.1) is 0 Å². The number of hydrogen-bond acceptors (Lipinski definition) is 5. The van der Waals surface area contributed by atoms with Crippen LogP contribution in [0.1, 0.15) is 41.6 Å². The summed E-state index contributed by atoms with van der Waals surface area (Å²) in [6, 6.07) is 7.57. The average molecular weight is 357 g/mol. The molecule has 0 spiro atoms. The van der Waals surface area contributed by atoms with Gasteiger partial charge in [0.05, 0.1) is 13.2 Å². The van der Waals surface area contributed by atoms with Gasteiger partial charge in [-0.1, -0.05) is 19.1 Å². The smallest absolute Gasteiger partial charge is 0.276 e. The van der Waals surface area contributed by atoms with Crippen molar-refractivity contribution in [2.45, 2.75) is 32.2 Å². The lowest BCUT2D eigenvalue weighted by Gasteiger charge is -2.19. The largest absolute Gasteiger partial charge is 0.497 e. The van der Waals surface area contributed by atoms with E-state index in [2.05, 4.69) is 10.3 Å². The van der Waals surface area contributed by atoms with E-state index < -0.39 is 0 Å². The lowest BCUT2D eigenvalue weighted by atomic mass is 9.94. The molecule has 0 aliphatic carbocycles. The first kappa shape index (κ1) is 18.0. The maximum Gasteiger partial charge on any atom is 0.276 e. The summed E-state index contributed by atoms with van der Waals surface area (Å²) in [7, 11) is 1.62. The van der Waals surface area contributed by atoms with Gasteiger partial charge in [-0.25, -0.2) is 4.98 Å². The minimum Gasteiger partial charge on any atom is -0.497 e. The minimum atomic E-state index is -0.165. The van der Waals surface area contributed by atoms with Gasteiger partial charge in [0.2, 0.25) is 5.91 Å². The maximum absolute atomic E-state index is 12.9. The number of rotatable bonds is 5. The van der Waals surface area contributed by atoms with E-state index in [0.717, 1.165) is 11.3 Å². The fourth-order valence-corrected chi connectivity index (χ4v) is 3.41. The van der Waals surface area contributed by atoms with E-state index in [1.54, 1.807) is 12.0 Å². The first-order valence-electron chi connectivity index (χ1n) is 8.66. The number of likely N-dealkylation sites (tertiary alicyclic amines) is 1. The Bertz CT molecular complexity index is 784. The summed E-state index contributed by atoms with van der Waals surface area (Å²) in [5, 5.41) is 2.97. The van der Waals surface area contributed by atoms with Gasteiger partial charge < -0.3 is 19.4 Å². The van der Waals surface area contributed by atoms with Crippen LogP contribution >= 0.6 is 0 Å². The number of methoxy groups -OCH3 is 1. The van der Waals surface area contributed by atoms with Gasteiger partial charge in [-0.2, -0.15) is 0 Å². The second-order valence-electron chi connectivity index (χ2n) is 6.37. The van der Waals surface area contributed by atoms with E-state index in [1.807, 2.05) is 31.2 Å². The van der Waals surface area contributed by atoms with Gasteiger partial charge >= 0.3 is 0 Å². The highest BCUT2D eigenvalue weighted by Crippen LogP contribution is 2.30. The average Bonchev–Trinajstić information content (AvgIpc) is 3.27. The molecule has 2 heterocycles. The van der Waals surface area contributed by atoms with Crippen LogP contribution in [0.4, 0.5) is 0 Å². The van der Waals surface area contributed by atoms with Crippen molar-refractivity contribution >= 4 is 11.8 Å². The summed E-state index contributed by atoms with van der Waals surface area (Å²) in [6.07, 6.45) is 1.90. The summed E-state index contributed by atoms with van der Waals surface area (Å²) in [5.74, 6) is 1.08. The number of oxazole rings is 1. The molecule has 7 nitrogen and oxygen atoms in total. The van der Waals surface area contributed by atoms with Gasteiger partial charge in [-0.3, -0.25) is 9.59 Å². The van der Waals surface area contributed by atoms with E-state index in [4.69, 9.17) is 9.15 Å². The molecule has 1 saturated heterocycles. The summed E-state index contributed by atoms with van der Waals surface area (Å²) in [6.45, 7) is 4.35. The summed E-state index contributed by atoms with van der Waals surface area (Å²) in [4.78, 5) is 30.3. The molecule has 26 heavy (non-hydrogen) atoms. The lowest BCUT2D eigenvalue weighted by molar-refractivity contribution is -0.119. The molecular weight excluding hydrogens is 334 g/mol. The molecule has 138 valence electrons. The van der Waals surface area contributed by atoms with E-state index in [1.165, 1.54) is 13.3 Å². The Morgan fingerprint density at radius 3 is 2.65 bits per heavy atom. The topological polar surface area (TPSA) is 84.7 Å². The number of carbonyl (C=O) groups is 2. The van der Waals surface area contributed by atoms with Gasteiger partial charge in [0.1, 0.15) is 11.5 Å². The molecule has 7 heteroatoms. The highest BCUT2D eigenvalue weighted by Gasteiger charge is 2.38. The monoisotopic (exact) mass is 357 g/mol. The zero-order chi connectivity index (χ0) is 18.7. The van der Waals surface area contributed by atoms with E-state index in [0.29, 0.717) is 31.0 Å². The van der Waals surface area contributed by atoms with Crippen LogP contribution in [0.15, 0.2) is 35.1 Å².